The molecule has 1 amide bonds. The van der Waals surface area contributed by atoms with Gasteiger partial charge in [-0.2, -0.15) is 0 Å². The van der Waals surface area contributed by atoms with Gasteiger partial charge in [-0.05, 0) is 35.3 Å². The molecule has 0 saturated carbocycles. The van der Waals surface area contributed by atoms with Crippen molar-refractivity contribution in [2.75, 3.05) is 13.2 Å². The zero-order valence-electron chi connectivity index (χ0n) is 10.6. The van der Waals surface area contributed by atoms with Crippen LogP contribution in [0, 0.1) is 0 Å². The Morgan fingerprint density at radius 2 is 2.06 bits per heavy atom. The third-order valence-corrected chi connectivity index (χ3v) is 3.53. The summed E-state index contributed by atoms with van der Waals surface area (Å²) >= 11 is 3.32. The fourth-order valence-electron chi connectivity index (χ4n) is 1.67. The fraction of sp³-hybridized carbons (Fsp3) is 0.583. The zero-order chi connectivity index (χ0) is 13.8. The molecule has 0 unspecified atom stereocenters. The van der Waals surface area contributed by atoms with Crippen LogP contribution < -0.4 is 5.32 Å². The Labute approximate surface area is 115 Å². The molecule has 1 aromatic rings. The number of nitrogens with zero attached hydrogens (tertiary/aromatic N) is 1. The van der Waals surface area contributed by atoms with E-state index in [1.807, 2.05) is 20.0 Å². The normalized spacial score (nSPS) is 11.6. The first-order valence-electron chi connectivity index (χ1n) is 5.91. The summed E-state index contributed by atoms with van der Waals surface area (Å²) in [5.41, 5.74) is -0.462. The second kappa shape index (κ2) is 6.36. The SMILES string of the molecule is CCn1cc(Br)cc1C(=O)NC(CC)(CO)CO. The second-order valence-electron chi connectivity index (χ2n) is 4.23. The minimum absolute atomic E-state index is 0.292. The maximum Gasteiger partial charge on any atom is 0.268 e. The number of nitrogens with one attached hydrogen (secondary N) is 1. The summed E-state index contributed by atoms with van der Waals surface area (Å²) in [6.45, 7) is 3.83. The van der Waals surface area contributed by atoms with Gasteiger partial charge in [0.05, 0.1) is 18.8 Å². The topological polar surface area (TPSA) is 74.5 Å². The maximum absolute atomic E-state index is 12.2. The van der Waals surface area contributed by atoms with Crippen LogP contribution in [0.4, 0.5) is 0 Å². The summed E-state index contributed by atoms with van der Waals surface area (Å²) in [6.07, 6.45) is 2.28. The Balaban J connectivity index is 2.93. The van der Waals surface area contributed by atoms with E-state index in [4.69, 9.17) is 0 Å². The molecule has 0 fully saturated rings. The summed E-state index contributed by atoms with van der Waals surface area (Å²) in [5.74, 6) is -0.299. The molecule has 0 aliphatic rings. The molecular formula is C12H19BrN2O3. The van der Waals surface area contributed by atoms with Gasteiger partial charge in [0.25, 0.3) is 5.91 Å². The number of hydrogen-bond acceptors (Lipinski definition) is 3. The molecule has 3 N–H and O–H groups in total. The number of aliphatic hydroxyl groups excluding tert-OH is 2. The molecule has 1 heterocycles. The number of carbonyl (C=O) groups is 1. The smallest absolute Gasteiger partial charge is 0.268 e. The highest BCUT2D eigenvalue weighted by atomic mass is 79.9. The van der Waals surface area contributed by atoms with Gasteiger partial charge in [0.2, 0.25) is 0 Å². The van der Waals surface area contributed by atoms with Gasteiger partial charge in [-0.15, -0.1) is 0 Å². The van der Waals surface area contributed by atoms with Crippen molar-refractivity contribution in [3.63, 3.8) is 0 Å². The van der Waals surface area contributed by atoms with Gasteiger partial charge in [-0.1, -0.05) is 6.92 Å². The van der Waals surface area contributed by atoms with Gasteiger partial charge in [0, 0.05) is 17.2 Å². The average molecular weight is 319 g/mol. The summed E-state index contributed by atoms with van der Waals surface area (Å²) in [4.78, 5) is 12.2. The molecule has 6 heteroatoms. The molecule has 0 aromatic carbocycles. The predicted octanol–water partition coefficient (Wildman–Crippen LogP) is 1.13. The first-order chi connectivity index (χ1) is 8.51. The molecule has 1 rings (SSSR count). The molecule has 0 radical (unpaired) electrons. The van der Waals surface area contributed by atoms with Crippen LogP contribution in [-0.2, 0) is 6.54 Å². The maximum atomic E-state index is 12.2. The highest BCUT2D eigenvalue weighted by Gasteiger charge is 2.29. The van der Waals surface area contributed by atoms with Gasteiger partial charge in [-0.25, -0.2) is 0 Å². The minimum Gasteiger partial charge on any atom is -0.394 e. The first-order valence-corrected chi connectivity index (χ1v) is 6.71. The van der Waals surface area contributed by atoms with Gasteiger partial charge in [0.15, 0.2) is 0 Å². The number of amides is 1. The van der Waals surface area contributed by atoms with Crippen molar-refractivity contribution in [2.24, 2.45) is 0 Å². The van der Waals surface area contributed by atoms with Crippen LogP contribution in [0.1, 0.15) is 30.8 Å². The van der Waals surface area contributed by atoms with Gasteiger partial charge in [0.1, 0.15) is 5.69 Å². The van der Waals surface area contributed by atoms with Crippen molar-refractivity contribution in [3.8, 4) is 0 Å². The number of aliphatic hydroxyl groups is 2. The van der Waals surface area contributed by atoms with E-state index in [1.165, 1.54) is 0 Å². The molecule has 0 spiro atoms. The van der Waals surface area contributed by atoms with Crippen LogP contribution >= 0.6 is 15.9 Å². The van der Waals surface area contributed by atoms with Gasteiger partial charge >= 0.3 is 0 Å². The van der Waals surface area contributed by atoms with Crippen LogP contribution in [0.2, 0.25) is 0 Å². The molecular weight excluding hydrogens is 300 g/mol. The molecule has 0 atom stereocenters. The minimum atomic E-state index is -0.966. The zero-order valence-corrected chi connectivity index (χ0v) is 12.2. The molecule has 0 aliphatic carbocycles. The van der Waals surface area contributed by atoms with Crippen LogP contribution in [0.5, 0.6) is 0 Å². The van der Waals surface area contributed by atoms with E-state index in [-0.39, 0.29) is 19.1 Å². The number of aromatic nitrogens is 1. The summed E-state index contributed by atoms with van der Waals surface area (Å²) in [7, 11) is 0. The number of rotatable bonds is 6. The quantitative estimate of drug-likeness (QED) is 0.736. The standard InChI is InChI=1S/C12H19BrN2O3/c1-3-12(7-16,8-17)14-11(18)10-5-9(13)6-15(10)4-2/h5-6,16-17H,3-4,7-8H2,1-2H3,(H,14,18). The van der Waals surface area contributed by atoms with E-state index < -0.39 is 5.54 Å². The monoisotopic (exact) mass is 318 g/mol. The van der Waals surface area contributed by atoms with Crippen LogP contribution in [0.15, 0.2) is 16.7 Å². The molecule has 18 heavy (non-hydrogen) atoms. The Kier molecular flexibility index (Phi) is 5.37. The van der Waals surface area contributed by atoms with E-state index in [0.29, 0.717) is 18.7 Å². The van der Waals surface area contributed by atoms with Crippen molar-refractivity contribution < 1.29 is 15.0 Å². The van der Waals surface area contributed by atoms with E-state index >= 15 is 0 Å². The van der Waals surface area contributed by atoms with E-state index in [0.717, 1.165) is 4.47 Å². The summed E-state index contributed by atoms with van der Waals surface area (Å²) in [5, 5.41) is 21.3. The Morgan fingerprint density at radius 3 is 2.50 bits per heavy atom. The highest BCUT2D eigenvalue weighted by molar-refractivity contribution is 9.10. The van der Waals surface area contributed by atoms with Crippen molar-refractivity contribution in [1.82, 2.24) is 9.88 Å². The fourth-order valence-corrected chi connectivity index (χ4v) is 2.14. The predicted molar refractivity (Wildman–Crippen MR) is 72.5 cm³/mol. The van der Waals surface area contributed by atoms with Crippen LogP contribution in [-0.4, -0.2) is 39.4 Å². The molecule has 0 aliphatic heterocycles. The Morgan fingerprint density at radius 1 is 1.44 bits per heavy atom. The van der Waals surface area contributed by atoms with Crippen molar-refractivity contribution >= 4 is 21.8 Å². The lowest BCUT2D eigenvalue weighted by Crippen LogP contribution is -2.54. The van der Waals surface area contributed by atoms with E-state index in [1.54, 1.807) is 10.6 Å². The molecule has 1 aromatic heterocycles. The average Bonchev–Trinajstić information content (AvgIpc) is 2.77. The molecule has 5 nitrogen and oxygen atoms in total. The third-order valence-electron chi connectivity index (χ3n) is 3.10. The van der Waals surface area contributed by atoms with E-state index in [2.05, 4.69) is 21.2 Å². The number of halogens is 1. The Bertz CT molecular complexity index is 405. The second-order valence-corrected chi connectivity index (χ2v) is 5.15. The van der Waals surface area contributed by atoms with Gasteiger partial charge < -0.3 is 20.1 Å². The largest absolute Gasteiger partial charge is 0.394 e. The van der Waals surface area contributed by atoms with Crippen LogP contribution in [0.3, 0.4) is 0 Å². The molecule has 0 bridgehead atoms. The summed E-state index contributed by atoms with van der Waals surface area (Å²) < 4.78 is 2.62. The molecule has 102 valence electrons. The summed E-state index contributed by atoms with van der Waals surface area (Å²) in [6, 6.07) is 1.72. The lowest BCUT2D eigenvalue weighted by atomic mass is 9.98. The lowest BCUT2D eigenvalue weighted by molar-refractivity contribution is 0.0646. The van der Waals surface area contributed by atoms with Crippen molar-refractivity contribution in [3.05, 3.63) is 22.4 Å². The van der Waals surface area contributed by atoms with Crippen molar-refractivity contribution in [1.29, 1.82) is 0 Å². The third kappa shape index (κ3) is 3.13. The number of hydrogen-bond donors (Lipinski definition) is 3. The molecule has 0 saturated heterocycles. The van der Waals surface area contributed by atoms with Crippen LogP contribution in [0.25, 0.3) is 0 Å². The Hall–Kier alpha value is -0.850. The number of carbonyl (C=O) groups excluding carboxylic acids is 1. The van der Waals surface area contributed by atoms with Gasteiger partial charge in [-0.3, -0.25) is 4.79 Å². The van der Waals surface area contributed by atoms with Crippen molar-refractivity contribution in [2.45, 2.75) is 32.4 Å². The lowest BCUT2D eigenvalue weighted by Gasteiger charge is -2.29. The number of aryl methyl sites for hydroxylation is 1. The highest BCUT2D eigenvalue weighted by Crippen LogP contribution is 2.17. The first kappa shape index (κ1) is 15.2. The van der Waals surface area contributed by atoms with E-state index in [9.17, 15) is 15.0 Å².